The van der Waals surface area contributed by atoms with Gasteiger partial charge in [-0.25, -0.2) is 0 Å². The molecule has 12 heteroatoms. The Morgan fingerprint density at radius 1 is 1.12 bits per heavy atom. The molecule has 0 saturated heterocycles. The average Bonchev–Trinajstić information content (AvgIpc) is 3.39. The zero-order valence-corrected chi connectivity index (χ0v) is 19.7. The Bertz CT molecular complexity index is 1120. The van der Waals surface area contributed by atoms with Gasteiger partial charge in [-0.3, -0.25) is 9.36 Å². The average molecular weight is 517 g/mol. The van der Waals surface area contributed by atoms with Crippen LogP contribution in [-0.4, -0.2) is 31.2 Å². The topological polar surface area (TPSA) is 59.7 Å². The molecule has 0 radical (unpaired) electrons. The Hall–Kier alpha value is -2.30. The molecule has 0 amide bonds. The van der Waals surface area contributed by atoms with Crippen LogP contribution in [-0.2, 0) is 19.3 Å². The van der Waals surface area contributed by atoms with E-state index in [0.717, 1.165) is 18.4 Å². The molecule has 0 atom stereocenters. The highest BCUT2D eigenvalue weighted by molar-refractivity contribution is 7.80. The zero-order valence-electron chi connectivity index (χ0n) is 17.4. The molecule has 0 unspecified atom stereocenters. The second-order valence-corrected chi connectivity index (χ2v) is 9.03. The molecule has 2 aromatic heterocycles. The van der Waals surface area contributed by atoms with Crippen molar-refractivity contribution >= 4 is 46.4 Å². The van der Waals surface area contributed by atoms with Gasteiger partial charge in [-0.05, 0) is 49.2 Å². The summed E-state index contributed by atoms with van der Waals surface area (Å²) >= 11 is 17.2. The molecule has 1 aliphatic rings. The first-order valence-electron chi connectivity index (χ1n) is 10.4. The van der Waals surface area contributed by atoms with E-state index in [4.69, 9.17) is 35.4 Å². The van der Waals surface area contributed by atoms with Crippen LogP contribution in [0.3, 0.4) is 0 Å². The minimum atomic E-state index is -4.56. The van der Waals surface area contributed by atoms with Crippen LogP contribution in [0.5, 0.6) is 0 Å². The van der Waals surface area contributed by atoms with E-state index in [2.05, 4.69) is 20.8 Å². The number of thiocarbonyl (C=S) groups is 1. The lowest BCUT2D eigenvalue weighted by atomic mass is 10.2. The molecule has 0 spiro atoms. The van der Waals surface area contributed by atoms with E-state index in [1.165, 1.54) is 4.68 Å². The van der Waals surface area contributed by atoms with E-state index in [0.29, 0.717) is 47.7 Å². The number of alkyl halides is 3. The van der Waals surface area contributed by atoms with Crippen LogP contribution in [0.4, 0.5) is 19.0 Å². The van der Waals surface area contributed by atoms with Crippen molar-refractivity contribution in [1.82, 2.24) is 24.9 Å². The fourth-order valence-corrected chi connectivity index (χ4v) is 4.17. The summed E-state index contributed by atoms with van der Waals surface area (Å²) in [5.74, 6) is 0.644. The normalized spacial score (nSPS) is 13.8. The second-order valence-electron chi connectivity index (χ2n) is 7.80. The monoisotopic (exact) mass is 516 g/mol. The summed E-state index contributed by atoms with van der Waals surface area (Å²) in [6.45, 7) is 1.36. The molecule has 1 fully saturated rings. The first-order valence-corrected chi connectivity index (χ1v) is 11.5. The summed E-state index contributed by atoms with van der Waals surface area (Å²) in [6, 6.07) is 9.32. The van der Waals surface area contributed by atoms with Crippen LogP contribution in [0.15, 0.2) is 36.5 Å². The predicted octanol–water partition coefficient (Wildman–Crippen LogP) is 5.71. The largest absolute Gasteiger partial charge is 0.436 e. The summed E-state index contributed by atoms with van der Waals surface area (Å²) in [7, 11) is 0. The van der Waals surface area contributed by atoms with Crippen molar-refractivity contribution in [2.24, 2.45) is 0 Å². The van der Waals surface area contributed by atoms with Crippen LogP contribution in [0.1, 0.15) is 42.1 Å². The first-order chi connectivity index (χ1) is 15.7. The van der Waals surface area contributed by atoms with Gasteiger partial charge in [-0.1, -0.05) is 35.3 Å². The third-order valence-electron chi connectivity index (χ3n) is 5.14. The zero-order chi connectivity index (χ0) is 23.6. The Labute approximate surface area is 204 Å². The molecule has 0 aliphatic heterocycles. The van der Waals surface area contributed by atoms with Crippen molar-refractivity contribution in [1.29, 1.82) is 0 Å². The molecule has 176 valence electrons. The van der Waals surface area contributed by atoms with E-state index < -0.39 is 11.9 Å². The number of anilines is 1. The predicted molar refractivity (Wildman–Crippen MR) is 126 cm³/mol. The van der Waals surface area contributed by atoms with Gasteiger partial charge in [0.25, 0.3) is 0 Å². The van der Waals surface area contributed by atoms with Gasteiger partial charge in [0.2, 0.25) is 0 Å². The van der Waals surface area contributed by atoms with Gasteiger partial charge in [0.1, 0.15) is 0 Å². The fraction of sp³-hybridized carbons (Fsp3) is 0.381. The van der Waals surface area contributed by atoms with Gasteiger partial charge >= 0.3 is 6.18 Å². The quantitative estimate of drug-likeness (QED) is 0.296. The third-order valence-corrected chi connectivity index (χ3v) is 6.01. The number of aryl methyl sites for hydroxylation is 1. The lowest BCUT2D eigenvalue weighted by molar-refractivity contribution is -0.141. The van der Waals surface area contributed by atoms with Gasteiger partial charge < -0.3 is 10.6 Å². The number of hydrogen-bond donors (Lipinski definition) is 2. The summed E-state index contributed by atoms with van der Waals surface area (Å²) in [6.07, 6.45) is -0.535. The maximum Gasteiger partial charge on any atom is 0.436 e. The Kier molecular flexibility index (Phi) is 7.16. The van der Waals surface area contributed by atoms with Gasteiger partial charge in [-0.15, -0.1) is 0 Å². The summed E-state index contributed by atoms with van der Waals surface area (Å²) in [5.41, 5.74) is 0.536. The number of hydrogen-bond acceptors (Lipinski definition) is 3. The fourth-order valence-electron chi connectivity index (χ4n) is 3.44. The second kappa shape index (κ2) is 9.90. The van der Waals surface area contributed by atoms with Crippen LogP contribution in [0.25, 0.3) is 0 Å². The van der Waals surface area contributed by atoms with Crippen molar-refractivity contribution in [2.75, 3.05) is 11.9 Å². The Morgan fingerprint density at radius 3 is 2.52 bits per heavy atom. The van der Waals surface area contributed by atoms with Crippen molar-refractivity contribution in [2.45, 2.75) is 44.4 Å². The van der Waals surface area contributed by atoms with E-state index in [9.17, 15) is 13.2 Å². The number of benzene rings is 1. The lowest BCUT2D eigenvalue weighted by Crippen LogP contribution is -2.30. The summed E-state index contributed by atoms with van der Waals surface area (Å²) in [4.78, 5) is 0. The summed E-state index contributed by atoms with van der Waals surface area (Å²) < 4.78 is 42.6. The van der Waals surface area contributed by atoms with Crippen LogP contribution in [0.2, 0.25) is 10.0 Å². The Balaban J connectivity index is 1.25. The van der Waals surface area contributed by atoms with Crippen molar-refractivity contribution in [3.63, 3.8) is 0 Å². The number of halogens is 5. The van der Waals surface area contributed by atoms with Gasteiger partial charge in [0.05, 0.1) is 17.3 Å². The summed E-state index contributed by atoms with van der Waals surface area (Å²) in [5, 5.41) is 15.0. The third kappa shape index (κ3) is 6.18. The molecule has 0 bridgehead atoms. The van der Waals surface area contributed by atoms with E-state index in [1.807, 2.05) is 30.5 Å². The number of nitrogens with one attached hydrogen (secondary N) is 2. The van der Waals surface area contributed by atoms with Crippen LogP contribution < -0.4 is 10.6 Å². The highest BCUT2D eigenvalue weighted by atomic mass is 35.5. The van der Waals surface area contributed by atoms with Crippen molar-refractivity contribution in [3.05, 3.63) is 63.5 Å². The maximum atomic E-state index is 13.2. The standard InChI is InChI=1S/C21H21Cl2F3N6S/c22-15-6-2-13(3-7-15)12-31-11-8-16(29-31)28-20(33)27-9-1-10-32-18(14-4-5-14)17(23)19(30-32)21(24,25)26/h2-3,6-8,11,14H,1,4-5,9-10,12H2,(H2,27,28,29,33). The van der Waals surface area contributed by atoms with Crippen LogP contribution >= 0.6 is 35.4 Å². The van der Waals surface area contributed by atoms with Gasteiger partial charge in [0, 0.05) is 36.3 Å². The Morgan fingerprint density at radius 2 is 1.85 bits per heavy atom. The van der Waals surface area contributed by atoms with Crippen molar-refractivity contribution < 1.29 is 13.2 Å². The van der Waals surface area contributed by atoms with E-state index in [1.54, 1.807) is 10.7 Å². The molecule has 2 N–H and O–H groups in total. The molecular formula is C21H21Cl2F3N6S. The first kappa shape index (κ1) is 23.8. The SMILES string of the molecule is FC(F)(F)c1nn(CCCNC(=S)Nc2ccn(Cc3ccc(Cl)cc3)n2)c(C2CC2)c1Cl. The van der Waals surface area contributed by atoms with E-state index in [-0.39, 0.29) is 10.9 Å². The molecule has 3 aromatic rings. The minimum absolute atomic E-state index is 0.0554. The lowest BCUT2D eigenvalue weighted by Gasteiger charge is -2.10. The molecule has 1 aromatic carbocycles. The molecule has 4 rings (SSSR count). The smallest absolute Gasteiger partial charge is 0.362 e. The number of rotatable bonds is 8. The van der Waals surface area contributed by atoms with E-state index >= 15 is 0 Å². The van der Waals surface area contributed by atoms with Gasteiger partial charge in [-0.2, -0.15) is 23.4 Å². The molecule has 1 aliphatic carbocycles. The maximum absolute atomic E-state index is 13.2. The molecule has 33 heavy (non-hydrogen) atoms. The molecule has 6 nitrogen and oxygen atoms in total. The molecule has 1 saturated carbocycles. The molecular weight excluding hydrogens is 496 g/mol. The highest BCUT2D eigenvalue weighted by Crippen LogP contribution is 2.46. The highest BCUT2D eigenvalue weighted by Gasteiger charge is 2.41. The van der Waals surface area contributed by atoms with Gasteiger partial charge in [0.15, 0.2) is 16.6 Å². The molecule has 2 heterocycles. The number of aromatic nitrogens is 4. The number of nitrogens with zero attached hydrogens (tertiary/aromatic N) is 4. The van der Waals surface area contributed by atoms with Crippen LogP contribution in [0, 0.1) is 0 Å². The van der Waals surface area contributed by atoms with Crippen molar-refractivity contribution in [3.8, 4) is 0 Å². The minimum Gasteiger partial charge on any atom is -0.362 e.